The highest BCUT2D eigenvalue weighted by Gasteiger charge is 1.95. The van der Waals surface area contributed by atoms with Crippen LogP contribution < -0.4 is 0 Å². The first kappa shape index (κ1) is 14.8. The van der Waals surface area contributed by atoms with Crippen molar-refractivity contribution in [1.29, 1.82) is 0 Å². The molecule has 0 aliphatic rings. The smallest absolute Gasteiger partial charge is 0.129 e. The second-order valence-electron chi connectivity index (χ2n) is 4.30. The van der Waals surface area contributed by atoms with Crippen LogP contribution in [0.1, 0.15) is 50.7 Å². The topological polar surface area (TPSA) is 22.4 Å². The van der Waals surface area contributed by atoms with Crippen LogP contribution in [0.5, 0.6) is 0 Å². The lowest BCUT2D eigenvalue weighted by Crippen LogP contribution is -1.94. The molecule has 0 aromatic carbocycles. The fourth-order valence-electron chi connectivity index (χ4n) is 1.75. The van der Waals surface area contributed by atoms with Gasteiger partial charge in [-0.15, -0.1) is 0 Å². The Morgan fingerprint density at radius 2 is 1.71 bits per heavy atom. The second kappa shape index (κ2) is 10.8. The minimum absolute atomic E-state index is 0.609. The molecule has 0 aliphatic carbocycles. The molecule has 0 saturated carbocycles. The Labute approximate surface area is 113 Å². The van der Waals surface area contributed by atoms with Gasteiger partial charge in [0.05, 0.1) is 6.26 Å². The molecule has 1 rings (SSSR count). The monoisotopic (exact) mass is 302 g/mol. The molecule has 1 aromatic heterocycles. The summed E-state index contributed by atoms with van der Waals surface area (Å²) < 4.78 is 10.7. The zero-order valence-electron chi connectivity index (χ0n) is 10.5. The summed E-state index contributed by atoms with van der Waals surface area (Å²) in [6.45, 7) is 1.46. The molecule has 1 aromatic rings. The van der Waals surface area contributed by atoms with E-state index in [2.05, 4.69) is 15.9 Å². The Morgan fingerprint density at radius 3 is 2.35 bits per heavy atom. The Balaban J connectivity index is 1.76. The molecule has 0 radical (unpaired) electrons. The zero-order valence-corrected chi connectivity index (χ0v) is 12.1. The van der Waals surface area contributed by atoms with Crippen molar-refractivity contribution in [3.05, 3.63) is 24.2 Å². The molecular weight excluding hydrogens is 280 g/mol. The average molecular weight is 303 g/mol. The molecule has 1 heterocycles. The highest BCUT2D eigenvalue weighted by atomic mass is 79.9. The third-order valence-electron chi connectivity index (χ3n) is 2.75. The van der Waals surface area contributed by atoms with E-state index >= 15 is 0 Å². The van der Waals surface area contributed by atoms with Gasteiger partial charge in [0.2, 0.25) is 0 Å². The predicted octanol–water partition coefficient (Wildman–Crippen LogP) is 4.92. The maximum Gasteiger partial charge on any atom is 0.129 e. The number of hydrogen-bond acceptors (Lipinski definition) is 2. The van der Waals surface area contributed by atoms with E-state index in [1.807, 2.05) is 12.1 Å². The third-order valence-corrected chi connectivity index (χ3v) is 3.31. The van der Waals surface area contributed by atoms with Crippen molar-refractivity contribution in [1.82, 2.24) is 0 Å². The first-order valence-electron chi connectivity index (χ1n) is 6.59. The normalized spacial score (nSPS) is 10.9. The Morgan fingerprint density at radius 1 is 1.00 bits per heavy atom. The van der Waals surface area contributed by atoms with Crippen LogP contribution in [0.15, 0.2) is 22.8 Å². The van der Waals surface area contributed by atoms with Crippen LogP contribution in [0.4, 0.5) is 0 Å². The van der Waals surface area contributed by atoms with Crippen molar-refractivity contribution in [2.75, 3.05) is 11.9 Å². The van der Waals surface area contributed by atoms with Gasteiger partial charge in [0.1, 0.15) is 12.4 Å². The molecular formula is C14H23BrO2. The molecule has 0 saturated heterocycles. The lowest BCUT2D eigenvalue weighted by molar-refractivity contribution is 0.102. The van der Waals surface area contributed by atoms with Gasteiger partial charge in [0.15, 0.2) is 0 Å². The molecule has 0 aliphatic heterocycles. The van der Waals surface area contributed by atoms with E-state index in [0.29, 0.717) is 6.61 Å². The van der Waals surface area contributed by atoms with Crippen LogP contribution in [0.25, 0.3) is 0 Å². The number of unbranched alkanes of at least 4 members (excludes halogenated alkanes) is 6. The summed E-state index contributed by atoms with van der Waals surface area (Å²) in [5.74, 6) is 0.916. The highest BCUT2D eigenvalue weighted by Crippen LogP contribution is 2.08. The van der Waals surface area contributed by atoms with Gasteiger partial charge in [-0.2, -0.15) is 0 Å². The number of ether oxygens (including phenoxy) is 1. The van der Waals surface area contributed by atoms with E-state index in [1.54, 1.807) is 6.26 Å². The molecule has 3 heteroatoms. The fraction of sp³-hybridized carbons (Fsp3) is 0.714. The predicted molar refractivity (Wildman–Crippen MR) is 74.5 cm³/mol. The average Bonchev–Trinajstić information content (AvgIpc) is 2.85. The summed E-state index contributed by atoms with van der Waals surface area (Å²) in [5, 5.41) is 1.15. The minimum Gasteiger partial charge on any atom is -0.467 e. The summed E-state index contributed by atoms with van der Waals surface area (Å²) in [7, 11) is 0. The van der Waals surface area contributed by atoms with Gasteiger partial charge in [-0.3, -0.25) is 0 Å². The van der Waals surface area contributed by atoms with Crippen molar-refractivity contribution < 1.29 is 9.15 Å². The Hall–Kier alpha value is -0.280. The minimum atomic E-state index is 0.609. The molecule has 17 heavy (non-hydrogen) atoms. The first-order chi connectivity index (χ1) is 8.43. The van der Waals surface area contributed by atoms with Gasteiger partial charge in [0.25, 0.3) is 0 Å². The number of halogens is 1. The molecule has 98 valence electrons. The number of alkyl halides is 1. The number of rotatable bonds is 11. The Bertz CT molecular complexity index is 247. The summed E-state index contributed by atoms with van der Waals surface area (Å²) in [6.07, 6.45) is 10.9. The lowest BCUT2D eigenvalue weighted by Gasteiger charge is -2.02. The summed E-state index contributed by atoms with van der Waals surface area (Å²) in [5.41, 5.74) is 0. The van der Waals surface area contributed by atoms with Crippen LogP contribution in [-0.2, 0) is 11.3 Å². The van der Waals surface area contributed by atoms with Gasteiger partial charge in [-0.25, -0.2) is 0 Å². The quantitative estimate of drug-likeness (QED) is 0.427. The highest BCUT2D eigenvalue weighted by molar-refractivity contribution is 9.09. The van der Waals surface area contributed by atoms with Gasteiger partial charge in [0, 0.05) is 11.9 Å². The molecule has 0 bridgehead atoms. The zero-order chi connectivity index (χ0) is 12.2. The summed E-state index contributed by atoms with van der Waals surface area (Å²) in [4.78, 5) is 0. The van der Waals surface area contributed by atoms with Crippen LogP contribution in [-0.4, -0.2) is 11.9 Å². The van der Waals surface area contributed by atoms with Crippen LogP contribution in [0.3, 0.4) is 0 Å². The van der Waals surface area contributed by atoms with Crippen molar-refractivity contribution in [2.24, 2.45) is 0 Å². The molecule has 0 N–H and O–H groups in total. The van der Waals surface area contributed by atoms with E-state index < -0.39 is 0 Å². The summed E-state index contributed by atoms with van der Waals surface area (Å²) in [6, 6.07) is 3.84. The van der Waals surface area contributed by atoms with Crippen LogP contribution in [0.2, 0.25) is 0 Å². The molecule has 0 amide bonds. The van der Waals surface area contributed by atoms with E-state index in [0.717, 1.165) is 17.7 Å². The van der Waals surface area contributed by atoms with Gasteiger partial charge >= 0.3 is 0 Å². The van der Waals surface area contributed by atoms with Gasteiger partial charge < -0.3 is 9.15 Å². The van der Waals surface area contributed by atoms with Crippen molar-refractivity contribution in [3.63, 3.8) is 0 Å². The molecule has 2 nitrogen and oxygen atoms in total. The third kappa shape index (κ3) is 8.44. The van der Waals surface area contributed by atoms with Crippen LogP contribution in [0, 0.1) is 0 Å². The lowest BCUT2D eigenvalue weighted by atomic mass is 10.1. The second-order valence-corrected chi connectivity index (χ2v) is 5.09. The van der Waals surface area contributed by atoms with E-state index in [1.165, 1.54) is 44.9 Å². The van der Waals surface area contributed by atoms with Crippen molar-refractivity contribution in [3.8, 4) is 0 Å². The van der Waals surface area contributed by atoms with Crippen molar-refractivity contribution in [2.45, 2.75) is 51.6 Å². The van der Waals surface area contributed by atoms with Crippen LogP contribution >= 0.6 is 15.9 Å². The number of furan rings is 1. The number of hydrogen-bond donors (Lipinski definition) is 0. The van der Waals surface area contributed by atoms with E-state index in [9.17, 15) is 0 Å². The van der Waals surface area contributed by atoms with E-state index in [-0.39, 0.29) is 0 Å². The maximum absolute atomic E-state index is 5.52. The Kier molecular flexibility index (Phi) is 9.43. The largest absolute Gasteiger partial charge is 0.467 e. The van der Waals surface area contributed by atoms with Crippen molar-refractivity contribution >= 4 is 15.9 Å². The molecule has 0 spiro atoms. The fourth-order valence-corrected chi connectivity index (χ4v) is 2.15. The van der Waals surface area contributed by atoms with Gasteiger partial charge in [-0.05, 0) is 25.0 Å². The SMILES string of the molecule is BrCCCCCCCCCOCc1ccco1. The summed E-state index contributed by atoms with van der Waals surface area (Å²) >= 11 is 3.45. The first-order valence-corrected chi connectivity index (χ1v) is 7.71. The molecule has 0 unspecified atom stereocenters. The molecule has 0 atom stereocenters. The standard InChI is InChI=1S/C14H23BrO2/c15-10-6-4-2-1-3-5-7-11-16-13-14-9-8-12-17-14/h8-9,12H,1-7,10-11,13H2. The maximum atomic E-state index is 5.52. The van der Waals surface area contributed by atoms with Gasteiger partial charge in [-0.1, -0.05) is 48.0 Å². The molecule has 0 fully saturated rings. The van der Waals surface area contributed by atoms with E-state index in [4.69, 9.17) is 9.15 Å².